The van der Waals surface area contributed by atoms with Gasteiger partial charge in [0.1, 0.15) is 0 Å². The number of halogens is 2. The molecule has 0 fully saturated rings. The molecule has 0 aliphatic heterocycles. The molecule has 2 N–H and O–H groups in total. The summed E-state index contributed by atoms with van der Waals surface area (Å²) in [5.41, 5.74) is 3.30. The Morgan fingerprint density at radius 2 is 1.65 bits per heavy atom. The van der Waals surface area contributed by atoms with Crippen LogP contribution >= 0.6 is 27.5 Å². The number of nitrogens with zero attached hydrogens (tertiary/aromatic N) is 1. The highest BCUT2D eigenvalue weighted by Crippen LogP contribution is 2.20. The fourth-order valence-corrected chi connectivity index (χ4v) is 3.03. The molecular formula is C19H21BrClN3O2. The smallest absolute Gasteiger partial charge is 0.238 e. The van der Waals surface area contributed by atoms with E-state index in [1.807, 2.05) is 38.1 Å². The summed E-state index contributed by atoms with van der Waals surface area (Å²) in [4.78, 5) is 25.9. The molecule has 2 rings (SSSR count). The Kier molecular flexibility index (Phi) is 7.20. The van der Waals surface area contributed by atoms with Gasteiger partial charge >= 0.3 is 0 Å². The van der Waals surface area contributed by atoms with Gasteiger partial charge in [-0.25, -0.2) is 0 Å². The third kappa shape index (κ3) is 6.12. The van der Waals surface area contributed by atoms with Gasteiger partial charge in [-0.1, -0.05) is 33.6 Å². The van der Waals surface area contributed by atoms with Gasteiger partial charge < -0.3 is 10.6 Å². The van der Waals surface area contributed by atoms with Crippen molar-refractivity contribution in [3.05, 3.63) is 57.0 Å². The lowest BCUT2D eigenvalue weighted by molar-refractivity contribution is -0.119. The van der Waals surface area contributed by atoms with Crippen LogP contribution in [-0.2, 0) is 9.59 Å². The first-order valence-corrected chi connectivity index (χ1v) is 9.22. The van der Waals surface area contributed by atoms with Crippen molar-refractivity contribution < 1.29 is 9.59 Å². The van der Waals surface area contributed by atoms with E-state index in [9.17, 15) is 9.59 Å². The van der Waals surface area contributed by atoms with Crippen LogP contribution in [-0.4, -0.2) is 36.9 Å². The number of carbonyl (C=O) groups excluding carboxylic acids is 2. The maximum atomic E-state index is 12.2. The number of hydrogen-bond donors (Lipinski definition) is 2. The van der Waals surface area contributed by atoms with Gasteiger partial charge in [0.05, 0.1) is 13.1 Å². The first-order valence-electron chi connectivity index (χ1n) is 8.05. The Morgan fingerprint density at radius 3 is 2.27 bits per heavy atom. The molecule has 0 spiro atoms. The van der Waals surface area contributed by atoms with Gasteiger partial charge in [0.2, 0.25) is 11.8 Å². The monoisotopic (exact) mass is 437 g/mol. The summed E-state index contributed by atoms with van der Waals surface area (Å²) >= 11 is 9.45. The summed E-state index contributed by atoms with van der Waals surface area (Å²) in [6, 6.07) is 11.0. The molecule has 0 unspecified atom stereocenters. The minimum atomic E-state index is -0.208. The largest absolute Gasteiger partial charge is 0.325 e. The van der Waals surface area contributed by atoms with Gasteiger partial charge in [-0.15, -0.1) is 0 Å². The maximum Gasteiger partial charge on any atom is 0.238 e. The highest BCUT2D eigenvalue weighted by molar-refractivity contribution is 9.10. The Labute approximate surface area is 166 Å². The van der Waals surface area contributed by atoms with Gasteiger partial charge in [-0.3, -0.25) is 14.5 Å². The molecule has 0 heterocycles. The molecule has 138 valence electrons. The zero-order chi connectivity index (χ0) is 19.3. The van der Waals surface area contributed by atoms with Crippen molar-refractivity contribution in [2.24, 2.45) is 0 Å². The van der Waals surface area contributed by atoms with Crippen LogP contribution in [0, 0.1) is 13.8 Å². The van der Waals surface area contributed by atoms with Crippen molar-refractivity contribution in [2.75, 3.05) is 30.8 Å². The highest BCUT2D eigenvalue weighted by Gasteiger charge is 2.12. The van der Waals surface area contributed by atoms with E-state index in [4.69, 9.17) is 11.6 Å². The lowest BCUT2D eigenvalue weighted by atomic mass is 10.2. The number of hydrogen-bond acceptors (Lipinski definition) is 3. The summed E-state index contributed by atoms with van der Waals surface area (Å²) in [5, 5.41) is 6.23. The van der Waals surface area contributed by atoms with Gasteiger partial charge in [0, 0.05) is 20.9 Å². The summed E-state index contributed by atoms with van der Waals surface area (Å²) in [6.45, 7) is 4.02. The third-order valence-electron chi connectivity index (χ3n) is 3.75. The topological polar surface area (TPSA) is 61.4 Å². The van der Waals surface area contributed by atoms with Crippen LogP contribution in [0.2, 0.25) is 5.02 Å². The first-order chi connectivity index (χ1) is 12.2. The van der Waals surface area contributed by atoms with E-state index in [0.717, 1.165) is 21.3 Å². The van der Waals surface area contributed by atoms with Crippen molar-refractivity contribution in [1.82, 2.24) is 4.90 Å². The highest BCUT2D eigenvalue weighted by atomic mass is 79.9. The van der Waals surface area contributed by atoms with E-state index < -0.39 is 0 Å². The zero-order valence-corrected chi connectivity index (χ0v) is 17.2. The maximum absolute atomic E-state index is 12.2. The minimum Gasteiger partial charge on any atom is -0.325 e. The standard InChI is InChI=1S/C19H21BrClN3O2/c1-12-4-6-15(9-16(12)21)22-18(25)10-24(3)11-19(26)23-17-7-5-14(20)8-13(17)2/h4-9H,10-11H2,1-3H3,(H,22,25)(H,23,26). The van der Waals surface area contributed by atoms with Crippen molar-refractivity contribution >= 4 is 50.7 Å². The van der Waals surface area contributed by atoms with Crippen molar-refractivity contribution in [3.8, 4) is 0 Å². The van der Waals surface area contributed by atoms with Gasteiger partial charge in [-0.2, -0.15) is 0 Å². The number of aryl methyl sites for hydroxylation is 2. The van der Waals surface area contributed by atoms with E-state index in [-0.39, 0.29) is 24.9 Å². The van der Waals surface area contributed by atoms with Crippen molar-refractivity contribution in [1.29, 1.82) is 0 Å². The van der Waals surface area contributed by atoms with E-state index in [0.29, 0.717) is 10.7 Å². The van der Waals surface area contributed by atoms with Gasteiger partial charge in [-0.05, 0) is 62.4 Å². The predicted octanol–water partition coefficient (Wildman–Crippen LogP) is 4.23. The zero-order valence-electron chi connectivity index (χ0n) is 14.9. The molecule has 2 aromatic rings. The molecule has 5 nitrogen and oxygen atoms in total. The fraction of sp³-hybridized carbons (Fsp3) is 0.263. The Bertz CT molecular complexity index is 826. The Morgan fingerprint density at radius 1 is 1.00 bits per heavy atom. The molecule has 0 saturated carbocycles. The van der Waals surface area contributed by atoms with Crippen molar-refractivity contribution in [3.63, 3.8) is 0 Å². The number of rotatable bonds is 6. The summed E-state index contributed by atoms with van der Waals surface area (Å²) in [6.07, 6.45) is 0. The molecule has 7 heteroatoms. The molecule has 26 heavy (non-hydrogen) atoms. The third-order valence-corrected chi connectivity index (χ3v) is 4.65. The number of likely N-dealkylation sites (N-methyl/N-ethyl adjacent to an activating group) is 1. The first kappa shape index (κ1) is 20.4. The van der Waals surface area contributed by atoms with E-state index in [2.05, 4.69) is 26.6 Å². The van der Waals surface area contributed by atoms with Crippen LogP contribution in [0.4, 0.5) is 11.4 Å². The molecule has 0 aromatic heterocycles. The van der Waals surface area contributed by atoms with E-state index in [1.165, 1.54) is 0 Å². The summed E-state index contributed by atoms with van der Waals surface area (Å²) in [5.74, 6) is -0.385. The molecule has 0 aliphatic rings. The van der Waals surface area contributed by atoms with Gasteiger partial charge in [0.15, 0.2) is 0 Å². The number of carbonyl (C=O) groups is 2. The SMILES string of the molecule is Cc1ccc(NC(=O)CN(C)CC(=O)Nc2ccc(Br)cc2C)cc1Cl. The second-order valence-corrected chi connectivity index (χ2v) is 7.51. The second kappa shape index (κ2) is 9.16. The lowest BCUT2D eigenvalue weighted by Crippen LogP contribution is -2.36. The second-order valence-electron chi connectivity index (χ2n) is 6.19. The lowest BCUT2D eigenvalue weighted by Gasteiger charge is -2.17. The molecular weight excluding hydrogens is 418 g/mol. The molecule has 2 aromatic carbocycles. The normalized spacial score (nSPS) is 10.7. The van der Waals surface area contributed by atoms with Crippen LogP contribution in [0.25, 0.3) is 0 Å². The Balaban J connectivity index is 1.84. The van der Waals surface area contributed by atoms with Crippen molar-refractivity contribution in [2.45, 2.75) is 13.8 Å². The van der Waals surface area contributed by atoms with Crippen LogP contribution in [0.15, 0.2) is 40.9 Å². The number of anilines is 2. The average Bonchev–Trinajstić information content (AvgIpc) is 2.53. The number of benzene rings is 2. The fourth-order valence-electron chi connectivity index (χ4n) is 2.37. The van der Waals surface area contributed by atoms with Crippen LogP contribution in [0.1, 0.15) is 11.1 Å². The Hall–Kier alpha value is -1.89. The quantitative estimate of drug-likeness (QED) is 0.709. The summed E-state index contributed by atoms with van der Waals surface area (Å²) < 4.78 is 0.956. The number of amides is 2. The van der Waals surface area contributed by atoms with Crippen LogP contribution in [0.3, 0.4) is 0 Å². The van der Waals surface area contributed by atoms with E-state index >= 15 is 0 Å². The molecule has 0 atom stereocenters. The molecule has 0 saturated heterocycles. The molecule has 2 amide bonds. The molecule has 0 aliphatic carbocycles. The minimum absolute atomic E-state index is 0.0955. The average molecular weight is 439 g/mol. The summed E-state index contributed by atoms with van der Waals surface area (Å²) in [7, 11) is 1.72. The molecule has 0 bridgehead atoms. The molecule has 0 radical (unpaired) electrons. The van der Waals surface area contributed by atoms with E-state index in [1.54, 1.807) is 24.1 Å². The predicted molar refractivity (Wildman–Crippen MR) is 110 cm³/mol. The van der Waals surface area contributed by atoms with Crippen LogP contribution in [0.5, 0.6) is 0 Å². The van der Waals surface area contributed by atoms with Crippen LogP contribution < -0.4 is 10.6 Å². The van der Waals surface area contributed by atoms with Gasteiger partial charge in [0.25, 0.3) is 0 Å². The number of nitrogens with one attached hydrogen (secondary N) is 2.